The monoisotopic (exact) mass is 320 g/mol. The number of nitrogens with one attached hydrogen (secondary N) is 1. The van der Waals surface area contributed by atoms with Gasteiger partial charge in [0.05, 0.1) is 41.6 Å². The maximum absolute atomic E-state index is 8.78. The largest absolute Gasteiger partial charge is 0.394 e. The fourth-order valence-corrected chi connectivity index (χ4v) is 2.47. The van der Waals surface area contributed by atoms with Crippen LogP contribution in [0.25, 0.3) is 0 Å². The summed E-state index contributed by atoms with van der Waals surface area (Å²) in [5.41, 5.74) is 1.32. The van der Waals surface area contributed by atoms with Gasteiger partial charge < -0.3 is 10.4 Å². The summed E-state index contributed by atoms with van der Waals surface area (Å²) in [7, 11) is 0. The molecule has 0 saturated carbocycles. The molecule has 8 heteroatoms. The zero-order chi connectivity index (χ0) is 13.8. The summed E-state index contributed by atoms with van der Waals surface area (Å²) in [5.74, 6) is 0. The van der Waals surface area contributed by atoms with E-state index >= 15 is 0 Å². The van der Waals surface area contributed by atoms with Crippen molar-refractivity contribution in [1.29, 1.82) is 0 Å². The van der Waals surface area contributed by atoms with Crippen molar-refractivity contribution >= 4 is 40.5 Å². The van der Waals surface area contributed by atoms with E-state index in [1.54, 1.807) is 23.0 Å². The van der Waals surface area contributed by atoms with E-state index in [0.29, 0.717) is 33.8 Å². The maximum Gasteiger partial charge on any atom is 0.102 e. The lowest BCUT2D eigenvalue weighted by atomic mass is 10.3. The molecule has 2 rings (SSSR count). The molecular weight excluding hydrogens is 311 g/mol. The molecule has 5 nitrogen and oxygen atoms in total. The first kappa shape index (κ1) is 14.4. The number of benzene rings is 1. The molecule has 2 aromatic rings. The quantitative estimate of drug-likeness (QED) is 0.889. The Morgan fingerprint density at radius 2 is 1.89 bits per heavy atom. The highest BCUT2D eigenvalue weighted by molar-refractivity contribution is 6.41. The summed E-state index contributed by atoms with van der Waals surface area (Å²) < 4.78 is 1.56. The standard InChI is InChI=1S/C11H11Cl3N4O/c12-7-3-9(13)11(10(14)4-7)15-5-8-6-18(1-2-19)17-16-8/h3-4,6,15,19H,1-2,5H2. The van der Waals surface area contributed by atoms with Crippen LogP contribution in [-0.2, 0) is 13.1 Å². The first-order valence-corrected chi connectivity index (χ1v) is 6.62. The number of nitrogens with zero attached hydrogens (tertiary/aromatic N) is 3. The summed E-state index contributed by atoms with van der Waals surface area (Å²) in [6, 6.07) is 3.22. The average molecular weight is 322 g/mol. The van der Waals surface area contributed by atoms with Crippen molar-refractivity contribution in [2.75, 3.05) is 11.9 Å². The Balaban J connectivity index is 2.05. The second-order valence-electron chi connectivity index (χ2n) is 3.79. The van der Waals surface area contributed by atoms with Gasteiger partial charge in [0, 0.05) is 5.02 Å². The lowest BCUT2D eigenvalue weighted by Gasteiger charge is -2.09. The minimum atomic E-state index is 0.0189. The Morgan fingerprint density at radius 1 is 1.21 bits per heavy atom. The van der Waals surface area contributed by atoms with Crippen molar-refractivity contribution in [3.05, 3.63) is 39.1 Å². The van der Waals surface area contributed by atoms with E-state index in [0.717, 1.165) is 5.69 Å². The molecule has 2 N–H and O–H groups in total. The van der Waals surface area contributed by atoms with Crippen LogP contribution >= 0.6 is 34.8 Å². The van der Waals surface area contributed by atoms with Crippen molar-refractivity contribution in [2.24, 2.45) is 0 Å². The van der Waals surface area contributed by atoms with E-state index in [2.05, 4.69) is 15.6 Å². The molecule has 1 aromatic heterocycles. The van der Waals surface area contributed by atoms with Crippen LogP contribution in [0.2, 0.25) is 15.1 Å². The molecule has 102 valence electrons. The normalized spacial score (nSPS) is 10.7. The van der Waals surface area contributed by atoms with E-state index in [-0.39, 0.29) is 6.61 Å². The molecule has 0 spiro atoms. The van der Waals surface area contributed by atoms with Gasteiger partial charge in [0.15, 0.2) is 0 Å². The van der Waals surface area contributed by atoms with Crippen molar-refractivity contribution in [2.45, 2.75) is 13.1 Å². The number of anilines is 1. The van der Waals surface area contributed by atoms with Crippen LogP contribution in [0.15, 0.2) is 18.3 Å². The summed E-state index contributed by atoms with van der Waals surface area (Å²) in [6.07, 6.45) is 1.74. The van der Waals surface area contributed by atoms with E-state index in [1.165, 1.54) is 0 Å². The molecule has 0 atom stereocenters. The second-order valence-corrected chi connectivity index (χ2v) is 5.05. The van der Waals surface area contributed by atoms with E-state index in [1.807, 2.05) is 0 Å². The Hall–Kier alpha value is -1.01. The van der Waals surface area contributed by atoms with E-state index in [4.69, 9.17) is 39.9 Å². The molecule has 0 fully saturated rings. The maximum atomic E-state index is 8.78. The van der Waals surface area contributed by atoms with Gasteiger partial charge in [-0.05, 0) is 12.1 Å². The van der Waals surface area contributed by atoms with Gasteiger partial charge in [0.25, 0.3) is 0 Å². The Bertz CT molecular complexity index is 550. The molecule has 0 unspecified atom stereocenters. The number of aliphatic hydroxyl groups is 1. The van der Waals surface area contributed by atoms with Crippen LogP contribution in [0.3, 0.4) is 0 Å². The lowest BCUT2D eigenvalue weighted by Crippen LogP contribution is -2.02. The minimum Gasteiger partial charge on any atom is -0.394 e. The number of halogens is 3. The number of hydrogen-bond acceptors (Lipinski definition) is 4. The van der Waals surface area contributed by atoms with E-state index < -0.39 is 0 Å². The third-order valence-corrected chi connectivity index (χ3v) is 3.18. The molecule has 1 aromatic carbocycles. The van der Waals surface area contributed by atoms with Gasteiger partial charge in [-0.3, -0.25) is 0 Å². The van der Waals surface area contributed by atoms with E-state index in [9.17, 15) is 0 Å². The van der Waals surface area contributed by atoms with Crippen LogP contribution in [0.1, 0.15) is 5.69 Å². The van der Waals surface area contributed by atoms with Crippen LogP contribution in [0, 0.1) is 0 Å². The van der Waals surface area contributed by atoms with Crippen molar-refractivity contribution in [1.82, 2.24) is 15.0 Å². The summed E-state index contributed by atoms with van der Waals surface area (Å²) in [6.45, 7) is 0.854. The second kappa shape index (κ2) is 6.43. The highest BCUT2D eigenvalue weighted by atomic mass is 35.5. The molecular formula is C11H11Cl3N4O. The minimum absolute atomic E-state index is 0.0189. The molecule has 1 heterocycles. The topological polar surface area (TPSA) is 63.0 Å². The molecule has 0 aliphatic rings. The predicted molar refractivity (Wildman–Crippen MR) is 75.9 cm³/mol. The molecule has 0 amide bonds. The van der Waals surface area contributed by atoms with Gasteiger partial charge in [-0.2, -0.15) is 0 Å². The third kappa shape index (κ3) is 3.73. The zero-order valence-corrected chi connectivity index (χ0v) is 12.0. The Morgan fingerprint density at radius 3 is 2.53 bits per heavy atom. The molecule has 0 bridgehead atoms. The number of aromatic nitrogens is 3. The summed E-state index contributed by atoms with van der Waals surface area (Å²) in [4.78, 5) is 0. The average Bonchev–Trinajstić information content (AvgIpc) is 2.76. The first-order chi connectivity index (χ1) is 9.10. The molecule has 0 radical (unpaired) electrons. The fourth-order valence-electron chi connectivity index (χ4n) is 1.52. The molecule has 0 aliphatic heterocycles. The fraction of sp³-hybridized carbons (Fsp3) is 0.273. The Kier molecular flexibility index (Phi) is 4.87. The van der Waals surface area contributed by atoms with Gasteiger partial charge in [-0.15, -0.1) is 5.10 Å². The van der Waals surface area contributed by atoms with Crippen molar-refractivity contribution in [3.8, 4) is 0 Å². The zero-order valence-electron chi connectivity index (χ0n) is 9.78. The van der Waals surface area contributed by atoms with Gasteiger partial charge >= 0.3 is 0 Å². The first-order valence-electron chi connectivity index (χ1n) is 5.48. The molecule has 0 saturated heterocycles. The number of hydrogen-bond donors (Lipinski definition) is 2. The van der Waals surface area contributed by atoms with Crippen LogP contribution < -0.4 is 5.32 Å². The van der Waals surface area contributed by atoms with Gasteiger partial charge in [-0.25, -0.2) is 4.68 Å². The summed E-state index contributed by atoms with van der Waals surface area (Å²) >= 11 is 17.9. The highest BCUT2D eigenvalue weighted by Crippen LogP contribution is 2.33. The number of rotatable bonds is 5. The smallest absolute Gasteiger partial charge is 0.102 e. The Labute approximate surface area is 125 Å². The molecule has 0 aliphatic carbocycles. The van der Waals surface area contributed by atoms with Crippen LogP contribution in [0.4, 0.5) is 5.69 Å². The van der Waals surface area contributed by atoms with Crippen molar-refractivity contribution in [3.63, 3.8) is 0 Å². The highest BCUT2D eigenvalue weighted by Gasteiger charge is 2.08. The van der Waals surface area contributed by atoms with Crippen LogP contribution in [0.5, 0.6) is 0 Å². The van der Waals surface area contributed by atoms with Crippen molar-refractivity contribution < 1.29 is 5.11 Å². The third-order valence-electron chi connectivity index (χ3n) is 2.37. The molecule has 19 heavy (non-hydrogen) atoms. The van der Waals surface area contributed by atoms with Gasteiger partial charge in [0.2, 0.25) is 0 Å². The number of aliphatic hydroxyl groups excluding tert-OH is 1. The SMILES string of the molecule is OCCn1cc(CNc2c(Cl)cc(Cl)cc2Cl)nn1. The van der Waals surface area contributed by atoms with Gasteiger partial charge in [0.1, 0.15) is 5.69 Å². The van der Waals surface area contributed by atoms with Gasteiger partial charge in [-0.1, -0.05) is 40.0 Å². The van der Waals surface area contributed by atoms with Crippen LogP contribution in [-0.4, -0.2) is 26.7 Å². The summed E-state index contributed by atoms with van der Waals surface area (Å²) in [5, 5.41) is 21.0. The lowest BCUT2D eigenvalue weighted by molar-refractivity contribution is 0.268. The predicted octanol–water partition coefficient (Wildman–Crippen LogP) is 2.84.